The number of furan rings is 1. The number of hydrogen-bond donors (Lipinski definition) is 1. The fraction of sp³-hybridized carbons (Fsp3) is 0.190. The second-order valence-electron chi connectivity index (χ2n) is 6.66. The number of nitrogens with one attached hydrogen (secondary N) is 1. The molecule has 4 aromatic rings. The van der Waals surface area contributed by atoms with Crippen molar-refractivity contribution in [1.29, 1.82) is 0 Å². The maximum atomic E-state index is 12.6. The Balaban J connectivity index is 1.54. The number of aromatic nitrogens is 5. The summed E-state index contributed by atoms with van der Waals surface area (Å²) in [5, 5.41) is 7.18. The Labute approximate surface area is 167 Å². The van der Waals surface area contributed by atoms with Crippen molar-refractivity contribution >= 4 is 5.91 Å². The minimum Gasteiger partial charge on any atom is -0.460 e. The van der Waals surface area contributed by atoms with Crippen LogP contribution in [0.3, 0.4) is 0 Å². The lowest BCUT2D eigenvalue weighted by molar-refractivity contribution is 0.0949. The van der Waals surface area contributed by atoms with Crippen molar-refractivity contribution in [3.63, 3.8) is 0 Å². The van der Waals surface area contributed by atoms with Crippen molar-refractivity contribution in [2.45, 2.75) is 27.3 Å². The van der Waals surface area contributed by atoms with Crippen molar-refractivity contribution in [3.8, 4) is 17.4 Å². The zero-order chi connectivity index (χ0) is 20.4. The van der Waals surface area contributed by atoms with Crippen molar-refractivity contribution in [3.05, 3.63) is 77.2 Å². The molecule has 0 aromatic carbocycles. The van der Waals surface area contributed by atoms with Gasteiger partial charge < -0.3 is 9.73 Å². The summed E-state index contributed by atoms with van der Waals surface area (Å²) in [6.45, 7) is 5.94. The molecular weight excluding hydrogens is 368 g/mol. The van der Waals surface area contributed by atoms with E-state index in [2.05, 4.69) is 25.4 Å². The minimum atomic E-state index is -0.227. The number of amides is 1. The van der Waals surface area contributed by atoms with Crippen LogP contribution in [0.15, 0.2) is 53.2 Å². The van der Waals surface area contributed by atoms with Gasteiger partial charge in [-0.05, 0) is 51.1 Å². The summed E-state index contributed by atoms with van der Waals surface area (Å²) >= 11 is 0. The first-order valence-electron chi connectivity index (χ1n) is 9.17. The van der Waals surface area contributed by atoms with Crippen LogP contribution in [0, 0.1) is 20.8 Å². The molecule has 0 bridgehead atoms. The highest BCUT2D eigenvalue weighted by atomic mass is 16.3. The van der Waals surface area contributed by atoms with E-state index in [-0.39, 0.29) is 5.91 Å². The number of carbonyl (C=O) groups is 1. The molecule has 0 fully saturated rings. The SMILES string of the molecule is Cc1cccc(CNC(=O)c2cnn(-c3nccc(-c4ccc(C)o4)n3)c2C)n1. The number of rotatable bonds is 5. The quantitative estimate of drug-likeness (QED) is 0.564. The van der Waals surface area contributed by atoms with Gasteiger partial charge in [0.05, 0.1) is 29.7 Å². The normalized spacial score (nSPS) is 10.9. The maximum absolute atomic E-state index is 12.6. The number of carbonyl (C=O) groups excluding carboxylic acids is 1. The molecule has 0 radical (unpaired) electrons. The first-order chi connectivity index (χ1) is 14.0. The molecule has 146 valence electrons. The summed E-state index contributed by atoms with van der Waals surface area (Å²) in [4.78, 5) is 25.8. The lowest BCUT2D eigenvalue weighted by Gasteiger charge is -2.06. The van der Waals surface area contributed by atoms with Gasteiger partial charge in [-0.3, -0.25) is 9.78 Å². The van der Waals surface area contributed by atoms with Gasteiger partial charge in [-0.2, -0.15) is 5.10 Å². The van der Waals surface area contributed by atoms with Gasteiger partial charge >= 0.3 is 0 Å². The summed E-state index contributed by atoms with van der Waals surface area (Å²) in [6, 6.07) is 11.2. The molecule has 8 nitrogen and oxygen atoms in total. The standard InChI is InChI=1S/C21H20N6O2/c1-13-5-4-6-16(25-13)11-23-20(28)17-12-24-27(15(17)3)21-22-10-9-18(26-21)19-8-7-14(2)29-19/h4-10,12H,11H2,1-3H3,(H,23,28). The molecule has 0 spiro atoms. The Morgan fingerprint density at radius 2 is 1.97 bits per heavy atom. The summed E-state index contributed by atoms with van der Waals surface area (Å²) in [5.41, 5.74) is 3.46. The first kappa shape index (κ1) is 18.5. The zero-order valence-corrected chi connectivity index (χ0v) is 16.4. The van der Waals surface area contributed by atoms with E-state index in [0.29, 0.717) is 35.2 Å². The number of hydrogen-bond acceptors (Lipinski definition) is 6. The predicted molar refractivity (Wildman–Crippen MR) is 106 cm³/mol. The van der Waals surface area contributed by atoms with Crippen LogP contribution in [-0.4, -0.2) is 30.6 Å². The van der Waals surface area contributed by atoms with E-state index in [9.17, 15) is 4.79 Å². The van der Waals surface area contributed by atoms with Gasteiger partial charge in [0.2, 0.25) is 0 Å². The van der Waals surface area contributed by atoms with Gasteiger partial charge in [0.1, 0.15) is 11.5 Å². The van der Waals surface area contributed by atoms with Crippen LogP contribution >= 0.6 is 0 Å². The van der Waals surface area contributed by atoms with Crippen LogP contribution < -0.4 is 5.32 Å². The van der Waals surface area contributed by atoms with Crippen molar-refractivity contribution in [1.82, 2.24) is 30.0 Å². The van der Waals surface area contributed by atoms with Crippen LogP contribution in [0.2, 0.25) is 0 Å². The molecule has 0 saturated carbocycles. The molecular formula is C21H20N6O2. The van der Waals surface area contributed by atoms with E-state index in [4.69, 9.17) is 4.42 Å². The van der Waals surface area contributed by atoms with Crippen molar-refractivity contribution < 1.29 is 9.21 Å². The smallest absolute Gasteiger partial charge is 0.255 e. The number of pyridine rings is 1. The molecule has 0 aliphatic heterocycles. The summed E-state index contributed by atoms with van der Waals surface area (Å²) < 4.78 is 7.17. The van der Waals surface area contributed by atoms with Gasteiger partial charge in [-0.25, -0.2) is 14.6 Å². The zero-order valence-electron chi connectivity index (χ0n) is 16.4. The molecule has 4 rings (SSSR count). The molecule has 0 aliphatic rings. The molecule has 8 heteroatoms. The summed E-state index contributed by atoms with van der Waals surface area (Å²) in [7, 11) is 0. The van der Waals surface area contributed by atoms with Crippen LogP contribution in [-0.2, 0) is 6.54 Å². The van der Waals surface area contributed by atoms with E-state index in [1.54, 1.807) is 23.9 Å². The Bertz CT molecular complexity index is 1180. The fourth-order valence-corrected chi connectivity index (χ4v) is 2.96. The van der Waals surface area contributed by atoms with E-state index in [1.807, 2.05) is 44.2 Å². The molecule has 4 heterocycles. The number of nitrogens with zero attached hydrogens (tertiary/aromatic N) is 5. The van der Waals surface area contributed by atoms with E-state index < -0.39 is 0 Å². The Kier molecular flexibility index (Phi) is 4.90. The topological polar surface area (TPSA) is 98.7 Å². The molecule has 1 N–H and O–H groups in total. The Morgan fingerprint density at radius 3 is 2.72 bits per heavy atom. The highest BCUT2D eigenvalue weighted by Gasteiger charge is 2.17. The second kappa shape index (κ2) is 7.67. The molecule has 29 heavy (non-hydrogen) atoms. The van der Waals surface area contributed by atoms with Crippen LogP contribution in [0.4, 0.5) is 0 Å². The molecule has 1 amide bonds. The third kappa shape index (κ3) is 3.91. The highest BCUT2D eigenvalue weighted by Crippen LogP contribution is 2.20. The van der Waals surface area contributed by atoms with Gasteiger partial charge in [0, 0.05) is 11.9 Å². The summed E-state index contributed by atoms with van der Waals surface area (Å²) in [6.07, 6.45) is 3.15. The average molecular weight is 388 g/mol. The summed E-state index contributed by atoms with van der Waals surface area (Å²) in [5.74, 6) is 1.60. The third-order valence-corrected chi connectivity index (χ3v) is 4.46. The lowest BCUT2D eigenvalue weighted by atomic mass is 10.2. The molecule has 0 unspecified atom stereocenters. The van der Waals surface area contributed by atoms with E-state index in [0.717, 1.165) is 17.1 Å². The Hall–Kier alpha value is -3.81. The molecule has 0 atom stereocenters. The minimum absolute atomic E-state index is 0.227. The highest BCUT2D eigenvalue weighted by molar-refractivity contribution is 5.95. The van der Waals surface area contributed by atoms with Crippen LogP contribution in [0.1, 0.15) is 33.2 Å². The van der Waals surface area contributed by atoms with Crippen molar-refractivity contribution in [2.75, 3.05) is 0 Å². The van der Waals surface area contributed by atoms with Crippen molar-refractivity contribution in [2.24, 2.45) is 0 Å². The van der Waals surface area contributed by atoms with Gasteiger partial charge in [-0.15, -0.1) is 0 Å². The van der Waals surface area contributed by atoms with Crippen LogP contribution in [0.5, 0.6) is 0 Å². The number of aryl methyl sites for hydroxylation is 2. The molecule has 4 aromatic heterocycles. The fourth-order valence-electron chi connectivity index (χ4n) is 2.96. The van der Waals surface area contributed by atoms with E-state index >= 15 is 0 Å². The first-order valence-corrected chi connectivity index (χ1v) is 9.17. The van der Waals surface area contributed by atoms with Crippen LogP contribution in [0.25, 0.3) is 17.4 Å². The van der Waals surface area contributed by atoms with Gasteiger partial charge in [0.15, 0.2) is 5.76 Å². The third-order valence-electron chi connectivity index (χ3n) is 4.46. The lowest BCUT2D eigenvalue weighted by Crippen LogP contribution is -2.24. The van der Waals surface area contributed by atoms with Gasteiger partial charge in [0.25, 0.3) is 11.9 Å². The average Bonchev–Trinajstić information content (AvgIpc) is 3.32. The molecule has 0 saturated heterocycles. The Morgan fingerprint density at radius 1 is 1.10 bits per heavy atom. The van der Waals surface area contributed by atoms with Gasteiger partial charge in [-0.1, -0.05) is 6.07 Å². The van der Waals surface area contributed by atoms with E-state index in [1.165, 1.54) is 6.20 Å². The largest absolute Gasteiger partial charge is 0.460 e. The maximum Gasteiger partial charge on any atom is 0.255 e. The predicted octanol–water partition coefficient (Wildman–Crippen LogP) is 3.17. The second-order valence-corrected chi connectivity index (χ2v) is 6.66. The molecule has 0 aliphatic carbocycles. The monoisotopic (exact) mass is 388 g/mol.